The summed E-state index contributed by atoms with van der Waals surface area (Å²) in [4.78, 5) is 0. The highest BCUT2D eigenvalue weighted by Crippen LogP contribution is 2.05. The van der Waals surface area contributed by atoms with Crippen LogP contribution in [0.4, 0.5) is 0 Å². The summed E-state index contributed by atoms with van der Waals surface area (Å²) >= 11 is 0. The van der Waals surface area contributed by atoms with Gasteiger partial charge in [-0.15, -0.1) is 0 Å². The molecule has 86 valence electrons. The lowest BCUT2D eigenvalue weighted by molar-refractivity contribution is -0.0407. The van der Waals surface area contributed by atoms with Gasteiger partial charge in [-0.3, -0.25) is 0 Å². The zero-order valence-corrected chi connectivity index (χ0v) is 10.0. The maximum absolute atomic E-state index is 5.85. The molecule has 0 heterocycles. The lowest BCUT2D eigenvalue weighted by atomic mass is 10.2. The molecule has 0 fully saturated rings. The highest BCUT2D eigenvalue weighted by Gasteiger charge is 2.11. The zero-order chi connectivity index (χ0) is 10.8. The maximum Gasteiger partial charge on any atom is 0.0784 e. The maximum atomic E-state index is 5.85. The van der Waals surface area contributed by atoms with Gasteiger partial charge in [-0.05, 0) is 19.9 Å². The zero-order valence-electron chi connectivity index (χ0n) is 10.0. The van der Waals surface area contributed by atoms with E-state index in [1.54, 1.807) is 7.11 Å². The van der Waals surface area contributed by atoms with Gasteiger partial charge in [0.2, 0.25) is 0 Å². The fourth-order valence-corrected chi connectivity index (χ4v) is 1.45. The lowest BCUT2D eigenvalue weighted by Gasteiger charge is -2.22. The van der Waals surface area contributed by atoms with Crippen LogP contribution >= 0.6 is 0 Å². The smallest absolute Gasteiger partial charge is 0.0784 e. The largest absolute Gasteiger partial charge is 0.382 e. The number of rotatable bonds is 9. The van der Waals surface area contributed by atoms with Gasteiger partial charge in [0.05, 0.1) is 18.8 Å². The van der Waals surface area contributed by atoms with Crippen molar-refractivity contribution in [3.8, 4) is 0 Å². The Hall–Kier alpha value is -0.120. The predicted molar refractivity (Wildman–Crippen MR) is 59.7 cm³/mol. The quantitative estimate of drug-likeness (QED) is 0.620. The highest BCUT2D eigenvalue weighted by molar-refractivity contribution is 4.63. The Labute approximate surface area is 88.2 Å². The van der Waals surface area contributed by atoms with E-state index < -0.39 is 0 Å². The van der Waals surface area contributed by atoms with Crippen molar-refractivity contribution in [2.75, 3.05) is 26.8 Å². The van der Waals surface area contributed by atoms with E-state index in [0.717, 1.165) is 25.9 Å². The molecule has 1 N–H and O–H groups in total. The van der Waals surface area contributed by atoms with E-state index in [-0.39, 0.29) is 6.10 Å². The molecule has 0 aromatic heterocycles. The number of ether oxygens (including phenoxy) is 2. The van der Waals surface area contributed by atoms with Gasteiger partial charge >= 0.3 is 0 Å². The van der Waals surface area contributed by atoms with Gasteiger partial charge in [-0.25, -0.2) is 0 Å². The Morgan fingerprint density at radius 2 is 2.00 bits per heavy atom. The summed E-state index contributed by atoms with van der Waals surface area (Å²) in [5, 5.41) is 3.31. The second-order valence-electron chi connectivity index (χ2n) is 3.62. The molecule has 0 aliphatic carbocycles. The summed E-state index contributed by atoms with van der Waals surface area (Å²) in [5.74, 6) is 0. The number of methoxy groups -OCH3 is 1. The number of nitrogens with one attached hydrogen (secondary N) is 1. The lowest BCUT2D eigenvalue weighted by Crippen LogP contribution is -2.33. The number of hydrogen-bond donors (Lipinski definition) is 1. The molecule has 0 aromatic rings. The van der Waals surface area contributed by atoms with Crippen LogP contribution in [0, 0.1) is 0 Å². The normalized spacial score (nSPS) is 15.4. The van der Waals surface area contributed by atoms with Gasteiger partial charge < -0.3 is 14.8 Å². The van der Waals surface area contributed by atoms with E-state index in [9.17, 15) is 0 Å². The fraction of sp³-hybridized carbons (Fsp3) is 1.00. The molecule has 0 aromatic carbocycles. The van der Waals surface area contributed by atoms with Crippen LogP contribution in [-0.2, 0) is 9.47 Å². The minimum atomic E-state index is 0.190. The van der Waals surface area contributed by atoms with E-state index in [0.29, 0.717) is 12.7 Å². The van der Waals surface area contributed by atoms with Gasteiger partial charge in [0.15, 0.2) is 0 Å². The van der Waals surface area contributed by atoms with Crippen LogP contribution in [0.15, 0.2) is 0 Å². The van der Waals surface area contributed by atoms with Gasteiger partial charge in [-0.1, -0.05) is 20.3 Å². The van der Waals surface area contributed by atoms with Crippen molar-refractivity contribution >= 4 is 0 Å². The van der Waals surface area contributed by atoms with Crippen LogP contribution in [-0.4, -0.2) is 39.0 Å². The summed E-state index contributed by atoms with van der Waals surface area (Å²) in [5.41, 5.74) is 0. The Morgan fingerprint density at radius 1 is 1.29 bits per heavy atom. The molecule has 0 amide bonds. The van der Waals surface area contributed by atoms with Gasteiger partial charge in [0.25, 0.3) is 0 Å². The Kier molecular flexibility index (Phi) is 9.35. The molecule has 0 spiro atoms. The Bertz CT molecular complexity index is 120. The molecular weight excluding hydrogens is 178 g/mol. The van der Waals surface area contributed by atoms with Crippen molar-refractivity contribution in [3.05, 3.63) is 0 Å². The molecule has 0 aliphatic heterocycles. The third-order valence-corrected chi connectivity index (χ3v) is 2.06. The Morgan fingerprint density at radius 3 is 2.50 bits per heavy atom. The first-order chi connectivity index (χ1) is 6.74. The van der Waals surface area contributed by atoms with Crippen molar-refractivity contribution < 1.29 is 9.47 Å². The van der Waals surface area contributed by atoms with E-state index >= 15 is 0 Å². The molecule has 0 bridgehead atoms. The van der Waals surface area contributed by atoms with Crippen LogP contribution in [0.1, 0.15) is 33.6 Å². The molecule has 0 aliphatic rings. The van der Waals surface area contributed by atoms with Crippen molar-refractivity contribution in [1.29, 1.82) is 0 Å². The van der Waals surface area contributed by atoms with Crippen LogP contribution < -0.4 is 5.32 Å². The average Bonchev–Trinajstić information content (AvgIpc) is 2.15. The van der Waals surface area contributed by atoms with E-state index in [4.69, 9.17) is 9.47 Å². The first-order valence-corrected chi connectivity index (χ1v) is 5.59. The standard InChI is InChI=1S/C11H25NO2/c1-5-7-11(8-12-6-2)14-10(3)9-13-4/h10-12H,5-9H2,1-4H3. The van der Waals surface area contributed by atoms with Crippen LogP contribution in [0.25, 0.3) is 0 Å². The van der Waals surface area contributed by atoms with Crippen molar-refractivity contribution in [1.82, 2.24) is 5.32 Å². The molecular formula is C11H25NO2. The average molecular weight is 203 g/mol. The second kappa shape index (κ2) is 9.44. The SMILES string of the molecule is CCCC(CNCC)OC(C)COC. The van der Waals surface area contributed by atoms with Gasteiger partial charge in [0, 0.05) is 13.7 Å². The van der Waals surface area contributed by atoms with Crippen LogP contribution in [0.5, 0.6) is 0 Å². The number of hydrogen-bond acceptors (Lipinski definition) is 3. The monoisotopic (exact) mass is 203 g/mol. The van der Waals surface area contributed by atoms with Crippen molar-refractivity contribution in [2.24, 2.45) is 0 Å². The molecule has 0 saturated heterocycles. The molecule has 3 nitrogen and oxygen atoms in total. The molecule has 3 heteroatoms. The molecule has 2 atom stereocenters. The van der Waals surface area contributed by atoms with Gasteiger partial charge in [-0.2, -0.15) is 0 Å². The van der Waals surface area contributed by atoms with Crippen LogP contribution in [0.3, 0.4) is 0 Å². The minimum Gasteiger partial charge on any atom is -0.382 e. The molecule has 14 heavy (non-hydrogen) atoms. The summed E-state index contributed by atoms with van der Waals surface area (Å²) in [6.07, 6.45) is 2.79. The predicted octanol–water partition coefficient (Wildman–Crippen LogP) is 1.82. The van der Waals surface area contributed by atoms with Crippen molar-refractivity contribution in [2.45, 2.75) is 45.8 Å². The fourth-order valence-electron chi connectivity index (χ4n) is 1.45. The summed E-state index contributed by atoms with van der Waals surface area (Å²) in [6, 6.07) is 0. The first kappa shape index (κ1) is 13.9. The van der Waals surface area contributed by atoms with E-state index in [2.05, 4.69) is 26.1 Å². The van der Waals surface area contributed by atoms with Crippen molar-refractivity contribution in [3.63, 3.8) is 0 Å². The molecule has 0 radical (unpaired) electrons. The summed E-state index contributed by atoms with van der Waals surface area (Å²) in [7, 11) is 1.71. The van der Waals surface area contributed by atoms with Gasteiger partial charge in [0.1, 0.15) is 0 Å². The molecule has 0 saturated carbocycles. The minimum absolute atomic E-state index is 0.190. The first-order valence-electron chi connectivity index (χ1n) is 5.59. The summed E-state index contributed by atoms with van der Waals surface area (Å²) < 4.78 is 10.9. The summed E-state index contributed by atoms with van der Waals surface area (Å²) in [6.45, 7) is 8.97. The molecule has 0 rings (SSSR count). The number of likely N-dealkylation sites (N-methyl/N-ethyl adjacent to an activating group) is 1. The highest BCUT2D eigenvalue weighted by atomic mass is 16.5. The van der Waals surface area contributed by atoms with E-state index in [1.165, 1.54) is 0 Å². The third kappa shape index (κ3) is 7.30. The third-order valence-electron chi connectivity index (χ3n) is 2.06. The Balaban J connectivity index is 3.69. The topological polar surface area (TPSA) is 30.5 Å². The van der Waals surface area contributed by atoms with Crippen LogP contribution in [0.2, 0.25) is 0 Å². The molecule has 2 unspecified atom stereocenters. The van der Waals surface area contributed by atoms with E-state index in [1.807, 2.05) is 0 Å². The second-order valence-corrected chi connectivity index (χ2v) is 3.62.